The van der Waals surface area contributed by atoms with E-state index in [1.165, 1.54) is 0 Å². The van der Waals surface area contributed by atoms with Crippen molar-refractivity contribution in [3.8, 4) is 0 Å². The van der Waals surface area contributed by atoms with E-state index in [-0.39, 0.29) is 10.8 Å². The van der Waals surface area contributed by atoms with Crippen molar-refractivity contribution in [3.63, 3.8) is 0 Å². The summed E-state index contributed by atoms with van der Waals surface area (Å²) in [6, 6.07) is 0. The third-order valence-corrected chi connectivity index (χ3v) is 5.92. The Morgan fingerprint density at radius 1 is 1.36 bits per heavy atom. The molecule has 0 bridgehead atoms. The maximum absolute atomic E-state index is 11.7. The third kappa shape index (κ3) is 1.82. The van der Waals surface area contributed by atoms with Crippen LogP contribution in [0.5, 0.6) is 0 Å². The Morgan fingerprint density at radius 3 is 2.50 bits per heavy atom. The van der Waals surface area contributed by atoms with Gasteiger partial charge in [0.2, 0.25) is 0 Å². The highest BCUT2D eigenvalue weighted by Gasteiger charge is 2.42. The molecule has 1 N–H and O–H groups in total. The molecule has 0 aromatic carbocycles. The third-order valence-electron chi connectivity index (χ3n) is 3.52. The number of nitrogens with one attached hydrogen (secondary N) is 1. The van der Waals surface area contributed by atoms with Crippen molar-refractivity contribution in [2.24, 2.45) is 5.92 Å². The van der Waals surface area contributed by atoms with E-state index < -0.39 is 9.84 Å². The normalized spacial score (nSPS) is 40.1. The van der Waals surface area contributed by atoms with Crippen molar-refractivity contribution in [1.29, 1.82) is 0 Å². The first-order chi connectivity index (χ1) is 6.41. The first-order valence-electron chi connectivity index (χ1n) is 5.37. The Morgan fingerprint density at radius 2 is 2.07 bits per heavy atom. The summed E-state index contributed by atoms with van der Waals surface area (Å²) < 4.78 is 23.5. The summed E-state index contributed by atoms with van der Waals surface area (Å²) in [5.74, 6) is 0.756. The number of hydrogen-bond acceptors (Lipinski definition) is 3. The molecule has 2 fully saturated rings. The van der Waals surface area contributed by atoms with Crippen LogP contribution in [0, 0.1) is 5.92 Å². The van der Waals surface area contributed by atoms with E-state index in [2.05, 4.69) is 19.2 Å². The van der Waals surface area contributed by atoms with Gasteiger partial charge < -0.3 is 5.32 Å². The zero-order valence-corrected chi connectivity index (χ0v) is 9.73. The van der Waals surface area contributed by atoms with Crippen molar-refractivity contribution in [1.82, 2.24) is 5.32 Å². The van der Waals surface area contributed by atoms with Crippen LogP contribution in [0.3, 0.4) is 0 Å². The summed E-state index contributed by atoms with van der Waals surface area (Å²) >= 11 is 0. The molecule has 0 aromatic heterocycles. The highest BCUT2D eigenvalue weighted by Crippen LogP contribution is 2.34. The van der Waals surface area contributed by atoms with E-state index in [4.69, 9.17) is 0 Å². The molecule has 3 nitrogen and oxygen atoms in total. The molecule has 2 unspecified atom stereocenters. The van der Waals surface area contributed by atoms with E-state index in [9.17, 15) is 8.42 Å². The predicted octanol–water partition coefficient (Wildman–Crippen LogP) is 0.952. The van der Waals surface area contributed by atoms with E-state index in [1.807, 2.05) is 0 Å². The fourth-order valence-electron chi connectivity index (χ4n) is 2.82. The molecule has 0 aromatic rings. The van der Waals surface area contributed by atoms with Gasteiger partial charge in [0.25, 0.3) is 0 Å². The average molecular weight is 217 g/mol. The van der Waals surface area contributed by atoms with Crippen LogP contribution in [0.2, 0.25) is 0 Å². The second-order valence-electron chi connectivity index (χ2n) is 5.28. The van der Waals surface area contributed by atoms with Crippen LogP contribution in [0.1, 0.15) is 33.1 Å². The fourth-order valence-corrected chi connectivity index (χ4v) is 4.99. The van der Waals surface area contributed by atoms with E-state index in [1.54, 1.807) is 0 Å². The molecule has 2 aliphatic heterocycles. The molecule has 0 spiro atoms. The monoisotopic (exact) mass is 217 g/mol. The van der Waals surface area contributed by atoms with Gasteiger partial charge in [0.15, 0.2) is 9.84 Å². The molecule has 2 saturated heterocycles. The van der Waals surface area contributed by atoms with Gasteiger partial charge in [0.05, 0.1) is 11.0 Å². The zero-order valence-electron chi connectivity index (χ0n) is 8.91. The maximum Gasteiger partial charge on any atom is 0.153 e. The number of hydrogen-bond donors (Lipinski definition) is 1. The molecule has 2 rings (SSSR count). The Kier molecular flexibility index (Phi) is 2.39. The molecular weight excluding hydrogens is 198 g/mol. The fraction of sp³-hybridized carbons (Fsp3) is 1.00. The van der Waals surface area contributed by atoms with Crippen LogP contribution in [-0.4, -0.2) is 31.5 Å². The van der Waals surface area contributed by atoms with Gasteiger partial charge in [-0.3, -0.25) is 0 Å². The van der Waals surface area contributed by atoms with Gasteiger partial charge in [-0.25, -0.2) is 8.42 Å². The van der Waals surface area contributed by atoms with Gasteiger partial charge in [-0.2, -0.15) is 0 Å². The lowest BCUT2D eigenvalue weighted by Crippen LogP contribution is -2.31. The van der Waals surface area contributed by atoms with Gasteiger partial charge in [0, 0.05) is 5.54 Å². The maximum atomic E-state index is 11.7. The molecule has 0 aliphatic carbocycles. The minimum Gasteiger partial charge on any atom is -0.311 e. The topological polar surface area (TPSA) is 46.2 Å². The highest BCUT2D eigenvalue weighted by atomic mass is 32.2. The average Bonchev–Trinajstić information content (AvgIpc) is 2.53. The Labute approximate surface area is 86.2 Å². The molecule has 14 heavy (non-hydrogen) atoms. The van der Waals surface area contributed by atoms with Crippen molar-refractivity contribution in [2.45, 2.75) is 43.9 Å². The Balaban J connectivity index is 2.11. The largest absolute Gasteiger partial charge is 0.311 e. The second kappa shape index (κ2) is 3.20. The molecule has 0 radical (unpaired) electrons. The molecule has 2 heterocycles. The van der Waals surface area contributed by atoms with Crippen LogP contribution in [0.4, 0.5) is 0 Å². The van der Waals surface area contributed by atoms with Crippen LogP contribution in [0.15, 0.2) is 0 Å². The SMILES string of the molecule is CC1(C)CC(C2CCCS2(=O)=O)CN1. The van der Waals surface area contributed by atoms with Gasteiger partial charge in [-0.1, -0.05) is 0 Å². The van der Waals surface area contributed by atoms with Crippen molar-refractivity contribution in [2.75, 3.05) is 12.3 Å². The summed E-state index contributed by atoms with van der Waals surface area (Å²) in [5.41, 5.74) is 0.128. The lowest BCUT2D eigenvalue weighted by atomic mass is 9.93. The lowest BCUT2D eigenvalue weighted by molar-refractivity contribution is 0.430. The lowest BCUT2D eigenvalue weighted by Gasteiger charge is -2.19. The minimum absolute atomic E-state index is 0.0585. The van der Waals surface area contributed by atoms with E-state index >= 15 is 0 Å². The first kappa shape index (κ1) is 10.4. The van der Waals surface area contributed by atoms with Crippen LogP contribution in [0.25, 0.3) is 0 Å². The van der Waals surface area contributed by atoms with Gasteiger partial charge in [0.1, 0.15) is 0 Å². The summed E-state index contributed by atoms with van der Waals surface area (Å²) in [5, 5.41) is 3.34. The second-order valence-corrected chi connectivity index (χ2v) is 7.62. The van der Waals surface area contributed by atoms with Gasteiger partial charge in [-0.05, 0) is 45.6 Å². The number of sulfone groups is 1. The molecule has 4 heteroatoms. The zero-order chi connectivity index (χ0) is 10.4. The van der Waals surface area contributed by atoms with Gasteiger partial charge >= 0.3 is 0 Å². The standard InChI is InChI=1S/C10H19NO2S/c1-10(2)6-8(7-11-10)9-4-3-5-14(9,12)13/h8-9,11H,3-7H2,1-2H3. The Hall–Kier alpha value is -0.0900. The van der Waals surface area contributed by atoms with Crippen molar-refractivity contribution in [3.05, 3.63) is 0 Å². The first-order valence-corrected chi connectivity index (χ1v) is 7.09. The molecule has 0 saturated carbocycles. The predicted molar refractivity (Wildman–Crippen MR) is 57.0 cm³/mol. The molecular formula is C10H19NO2S. The van der Waals surface area contributed by atoms with Crippen LogP contribution >= 0.6 is 0 Å². The number of rotatable bonds is 1. The van der Waals surface area contributed by atoms with E-state index in [0.717, 1.165) is 25.8 Å². The molecule has 0 amide bonds. The summed E-state index contributed by atoms with van der Waals surface area (Å²) in [7, 11) is -2.76. The summed E-state index contributed by atoms with van der Waals surface area (Å²) in [4.78, 5) is 0. The van der Waals surface area contributed by atoms with Crippen LogP contribution in [-0.2, 0) is 9.84 Å². The Bertz CT molecular complexity index is 321. The van der Waals surface area contributed by atoms with Crippen molar-refractivity contribution >= 4 is 9.84 Å². The van der Waals surface area contributed by atoms with Gasteiger partial charge in [-0.15, -0.1) is 0 Å². The molecule has 2 atom stereocenters. The van der Waals surface area contributed by atoms with E-state index in [0.29, 0.717) is 11.7 Å². The minimum atomic E-state index is -2.76. The van der Waals surface area contributed by atoms with Crippen LogP contribution < -0.4 is 5.32 Å². The van der Waals surface area contributed by atoms with Crippen molar-refractivity contribution < 1.29 is 8.42 Å². The summed E-state index contributed by atoms with van der Waals surface area (Å²) in [6.45, 7) is 5.17. The summed E-state index contributed by atoms with van der Waals surface area (Å²) in [6.07, 6.45) is 2.74. The highest BCUT2D eigenvalue weighted by molar-refractivity contribution is 7.92. The quantitative estimate of drug-likeness (QED) is 0.711. The smallest absolute Gasteiger partial charge is 0.153 e. The molecule has 2 aliphatic rings. The molecule has 82 valence electrons.